The van der Waals surface area contributed by atoms with E-state index in [2.05, 4.69) is 10.4 Å². The largest absolute Gasteiger partial charge is 0.324 e. The highest BCUT2D eigenvalue weighted by Gasteiger charge is 2.65. The van der Waals surface area contributed by atoms with Gasteiger partial charge in [0, 0.05) is 5.69 Å². The van der Waals surface area contributed by atoms with Gasteiger partial charge in [-0.1, -0.05) is 60.2 Å². The summed E-state index contributed by atoms with van der Waals surface area (Å²) in [5.41, 5.74) is 3.97. The highest BCUT2D eigenvalue weighted by Crippen LogP contribution is 2.52. The number of hydrazone groups is 1. The lowest BCUT2D eigenvalue weighted by atomic mass is 9.85. The van der Waals surface area contributed by atoms with Crippen LogP contribution in [0.2, 0.25) is 0 Å². The van der Waals surface area contributed by atoms with Gasteiger partial charge in [-0.3, -0.25) is 19.4 Å². The molecular formula is C27H22N4O3. The van der Waals surface area contributed by atoms with Crippen LogP contribution in [0.1, 0.15) is 22.7 Å². The molecule has 3 aliphatic heterocycles. The van der Waals surface area contributed by atoms with Crippen molar-refractivity contribution in [2.75, 3.05) is 10.2 Å². The van der Waals surface area contributed by atoms with Crippen molar-refractivity contribution in [1.29, 1.82) is 0 Å². The molecule has 0 saturated carbocycles. The van der Waals surface area contributed by atoms with Gasteiger partial charge in [-0.05, 0) is 42.3 Å². The van der Waals surface area contributed by atoms with E-state index in [-0.39, 0.29) is 17.7 Å². The molecule has 4 atom stereocenters. The number of hydrogen-bond donors (Lipinski definition) is 1. The fourth-order valence-corrected chi connectivity index (χ4v) is 5.35. The van der Waals surface area contributed by atoms with Crippen LogP contribution in [0.15, 0.2) is 84.0 Å². The van der Waals surface area contributed by atoms with Gasteiger partial charge in [-0.15, -0.1) is 0 Å². The van der Waals surface area contributed by atoms with Crippen molar-refractivity contribution in [2.45, 2.75) is 19.0 Å². The van der Waals surface area contributed by atoms with Gasteiger partial charge in [0.25, 0.3) is 0 Å². The molecular weight excluding hydrogens is 428 g/mol. The molecule has 7 nitrogen and oxygen atoms in total. The van der Waals surface area contributed by atoms with Gasteiger partial charge >= 0.3 is 0 Å². The van der Waals surface area contributed by atoms with E-state index in [4.69, 9.17) is 0 Å². The van der Waals surface area contributed by atoms with Crippen LogP contribution >= 0.6 is 0 Å². The number of nitrogens with zero attached hydrogens (tertiary/aromatic N) is 3. The van der Waals surface area contributed by atoms with Crippen LogP contribution in [0.25, 0.3) is 0 Å². The number of hydrogen-bond acceptors (Lipinski definition) is 5. The lowest BCUT2D eigenvalue weighted by Crippen LogP contribution is -2.46. The third kappa shape index (κ3) is 2.97. The van der Waals surface area contributed by atoms with Gasteiger partial charge in [-0.2, -0.15) is 5.10 Å². The van der Waals surface area contributed by atoms with Crippen molar-refractivity contribution in [3.63, 3.8) is 0 Å². The molecule has 6 rings (SSSR count). The molecule has 3 aromatic carbocycles. The minimum absolute atomic E-state index is 0.296. The summed E-state index contributed by atoms with van der Waals surface area (Å²) in [5, 5.41) is 9.13. The number of carbonyl (C=O) groups excluding carboxylic acids is 3. The number of rotatable bonds is 3. The standard InChI is InChI=1S/C27H22N4O3/c1-16-11-13-19(14-12-16)30-26(33)21-22(27(30)34)24(25(32)29-18-8-3-2-4-9-18)31-23(21)20-10-6-5-7-17(20)15-28-31/h2-15,21-24H,1H3,(H,29,32)/t21-,22+,23-,24-/m0/s1. The molecule has 1 N–H and O–H groups in total. The van der Waals surface area contributed by atoms with E-state index in [1.54, 1.807) is 35.5 Å². The molecule has 0 radical (unpaired) electrons. The maximum absolute atomic E-state index is 13.8. The zero-order valence-corrected chi connectivity index (χ0v) is 18.5. The molecule has 3 heterocycles. The number of carbonyl (C=O) groups is 3. The van der Waals surface area contributed by atoms with Gasteiger partial charge in [0.1, 0.15) is 6.04 Å². The van der Waals surface area contributed by atoms with Crippen LogP contribution in [0, 0.1) is 18.8 Å². The molecule has 0 bridgehead atoms. The quantitative estimate of drug-likeness (QED) is 0.619. The predicted octanol–water partition coefficient (Wildman–Crippen LogP) is 3.51. The number of fused-ring (bicyclic) bond motifs is 5. The Morgan fingerprint density at radius 3 is 2.29 bits per heavy atom. The Morgan fingerprint density at radius 1 is 0.853 bits per heavy atom. The molecule has 0 spiro atoms. The smallest absolute Gasteiger partial charge is 0.249 e. The van der Waals surface area contributed by atoms with Gasteiger partial charge in [0.2, 0.25) is 17.7 Å². The highest BCUT2D eigenvalue weighted by atomic mass is 16.2. The van der Waals surface area contributed by atoms with Crippen LogP contribution in [0.4, 0.5) is 11.4 Å². The van der Waals surface area contributed by atoms with Crippen LogP contribution < -0.4 is 10.2 Å². The summed E-state index contributed by atoms with van der Waals surface area (Å²) in [6.07, 6.45) is 1.70. The number of benzene rings is 3. The minimum atomic E-state index is -0.910. The Balaban J connectivity index is 1.45. The SMILES string of the molecule is Cc1ccc(N2C(=O)[C@@H]3[C@H](C2=O)[C@@H]2c4ccccc4C=NN2[C@@H]3C(=O)Nc2ccccc2)cc1. The summed E-state index contributed by atoms with van der Waals surface area (Å²) in [5.74, 6) is -2.57. The van der Waals surface area contributed by atoms with E-state index in [1.165, 1.54) is 4.90 Å². The van der Waals surface area contributed by atoms with Crippen molar-refractivity contribution in [3.05, 3.63) is 95.6 Å². The highest BCUT2D eigenvalue weighted by molar-refractivity contribution is 6.24. The topological polar surface area (TPSA) is 82.1 Å². The molecule has 168 valence electrons. The molecule has 2 fully saturated rings. The van der Waals surface area contributed by atoms with Crippen LogP contribution in [0.5, 0.6) is 0 Å². The molecule has 34 heavy (non-hydrogen) atoms. The maximum atomic E-state index is 13.8. The first-order valence-corrected chi connectivity index (χ1v) is 11.3. The van der Waals surface area contributed by atoms with E-state index in [0.29, 0.717) is 11.4 Å². The molecule has 3 amide bonds. The van der Waals surface area contributed by atoms with E-state index in [9.17, 15) is 14.4 Å². The molecule has 0 aliphatic carbocycles. The lowest BCUT2D eigenvalue weighted by Gasteiger charge is -2.33. The number of aryl methyl sites for hydroxylation is 1. The third-order valence-electron chi connectivity index (χ3n) is 6.90. The summed E-state index contributed by atoms with van der Waals surface area (Å²) >= 11 is 0. The summed E-state index contributed by atoms with van der Waals surface area (Å²) < 4.78 is 0. The lowest BCUT2D eigenvalue weighted by molar-refractivity contribution is -0.129. The van der Waals surface area contributed by atoms with Crippen molar-refractivity contribution in [1.82, 2.24) is 5.01 Å². The third-order valence-corrected chi connectivity index (χ3v) is 6.90. The number of para-hydroxylation sites is 1. The van der Waals surface area contributed by atoms with Gasteiger partial charge in [-0.25, -0.2) is 4.90 Å². The summed E-state index contributed by atoms with van der Waals surface area (Å²) in [7, 11) is 0. The van der Waals surface area contributed by atoms with Crippen molar-refractivity contribution < 1.29 is 14.4 Å². The summed E-state index contributed by atoms with van der Waals surface area (Å²) in [6.45, 7) is 1.95. The monoisotopic (exact) mass is 450 g/mol. The molecule has 3 aromatic rings. The fourth-order valence-electron chi connectivity index (χ4n) is 5.35. The van der Waals surface area contributed by atoms with E-state index >= 15 is 0 Å². The summed E-state index contributed by atoms with van der Waals surface area (Å²) in [6, 6.07) is 22.7. The average Bonchev–Trinajstić information content (AvgIpc) is 3.33. The normalized spacial score (nSPS) is 24.6. The molecule has 3 aliphatic rings. The number of imide groups is 1. The van der Waals surface area contributed by atoms with E-state index in [1.807, 2.05) is 61.5 Å². The van der Waals surface area contributed by atoms with Gasteiger partial charge < -0.3 is 5.32 Å². The molecule has 2 saturated heterocycles. The Morgan fingerprint density at radius 2 is 1.53 bits per heavy atom. The van der Waals surface area contributed by atoms with Crippen molar-refractivity contribution in [2.24, 2.45) is 16.9 Å². The second kappa shape index (κ2) is 7.66. The number of anilines is 2. The Hall–Kier alpha value is -4.26. The minimum Gasteiger partial charge on any atom is -0.324 e. The Bertz CT molecular complexity index is 1340. The second-order valence-electron chi connectivity index (χ2n) is 8.90. The molecule has 0 unspecified atom stereocenters. The Labute approximate surface area is 196 Å². The van der Waals surface area contributed by atoms with Gasteiger partial charge in [0.15, 0.2) is 0 Å². The first kappa shape index (κ1) is 20.4. The zero-order chi connectivity index (χ0) is 23.4. The average molecular weight is 450 g/mol. The van der Waals surface area contributed by atoms with Crippen LogP contribution in [-0.2, 0) is 14.4 Å². The Kier molecular flexibility index (Phi) is 4.58. The van der Waals surface area contributed by atoms with Crippen LogP contribution in [-0.4, -0.2) is 35.0 Å². The molecule has 0 aromatic heterocycles. The maximum Gasteiger partial charge on any atom is 0.249 e. The van der Waals surface area contributed by atoms with Crippen molar-refractivity contribution >= 4 is 35.3 Å². The van der Waals surface area contributed by atoms with Crippen molar-refractivity contribution in [3.8, 4) is 0 Å². The first-order valence-electron chi connectivity index (χ1n) is 11.3. The predicted molar refractivity (Wildman–Crippen MR) is 128 cm³/mol. The van der Waals surface area contributed by atoms with E-state index < -0.39 is 23.9 Å². The summed E-state index contributed by atoms with van der Waals surface area (Å²) in [4.78, 5) is 42.3. The number of nitrogens with one attached hydrogen (secondary N) is 1. The first-order chi connectivity index (χ1) is 16.5. The van der Waals surface area contributed by atoms with E-state index in [0.717, 1.165) is 16.7 Å². The van der Waals surface area contributed by atoms with Crippen LogP contribution in [0.3, 0.4) is 0 Å². The zero-order valence-electron chi connectivity index (χ0n) is 18.5. The second-order valence-corrected chi connectivity index (χ2v) is 8.90. The fraction of sp³-hybridized carbons (Fsp3) is 0.185. The molecule has 7 heteroatoms. The van der Waals surface area contributed by atoms with Gasteiger partial charge in [0.05, 0.1) is 29.8 Å². The number of amides is 3.